The number of hydrogen-bond acceptors (Lipinski definition) is 6. The second-order valence-electron chi connectivity index (χ2n) is 8.94. The number of aliphatic hydroxyl groups is 1. The quantitative estimate of drug-likeness (QED) is 0.500. The Morgan fingerprint density at radius 1 is 1.09 bits per heavy atom. The second-order valence-corrected chi connectivity index (χ2v) is 11.5. The number of amides is 1. The molecule has 8 heteroatoms. The Kier molecular flexibility index (Phi) is 5.47. The lowest BCUT2D eigenvalue weighted by atomic mass is 9.55. The fourth-order valence-electron chi connectivity index (χ4n) is 5.38. The number of nitrogens with one attached hydrogen (secondary N) is 1. The van der Waals surface area contributed by atoms with Crippen molar-refractivity contribution >= 4 is 37.4 Å². The zero-order chi connectivity index (χ0) is 22.3. The van der Waals surface area contributed by atoms with E-state index in [1.807, 2.05) is 24.3 Å². The third-order valence-corrected chi connectivity index (χ3v) is 9.02. The van der Waals surface area contributed by atoms with Gasteiger partial charge in [-0.15, -0.1) is 0 Å². The zero-order valence-electron chi connectivity index (χ0n) is 17.5. The van der Waals surface area contributed by atoms with Crippen LogP contribution in [0.3, 0.4) is 0 Å². The van der Waals surface area contributed by atoms with Gasteiger partial charge in [-0.05, 0) is 62.1 Å². The van der Waals surface area contributed by atoms with Gasteiger partial charge < -0.3 is 14.6 Å². The van der Waals surface area contributed by atoms with Gasteiger partial charge in [0.1, 0.15) is 10.5 Å². The van der Waals surface area contributed by atoms with E-state index in [0.29, 0.717) is 17.2 Å². The molecule has 2 aromatic carbocycles. The minimum absolute atomic E-state index is 0.0448. The van der Waals surface area contributed by atoms with E-state index in [-0.39, 0.29) is 33.6 Å². The van der Waals surface area contributed by atoms with Gasteiger partial charge in [-0.25, -0.2) is 0 Å². The summed E-state index contributed by atoms with van der Waals surface area (Å²) in [6.45, 7) is 0.159. The molecule has 3 aliphatic carbocycles. The lowest BCUT2D eigenvalue weighted by molar-refractivity contribution is 0.00163. The fourth-order valence-corrected chi connectivity index (χ4v) is 7.58. The smallest absolute Gasteiger partial charge is 0.340 e. The van der Waals surface area contributed by atoms with Crippen molar-refractivity contribution in [1.29, 1.82) is 0 Å². The topological polar surface area (TPSA) is 92.7 Å². The second kappa shape index (κ2) is 8.17. The Labute approximate surface area is 191 Å². The fraction of sp³-hybridized carbons (Fsp3) is 0.375. The number of thiophene rings is 1. The maximum absolute atomic E-state index is 13.5. The van der Waals surface area contributed by atoms with E-state index in [4.69, 9.17) is 4.18 Å². The van der Waals surface area contributed by atoms with E-state index < -0.39 is 10.1 Å². The van der Waals surface area contributed by atoms with Crippen molar-refractivity contribution in [2.45, 2.75) is 42.5 Å². The number of benzene rings is 2. The van der Waals surface area contributed by atoms with Gasteiger partial charge in [-0.2, -0.15) is 8.42 Å². The number of rotatable bonds is 7. The highest BCUT2D eigenvalue weighted by Crippen LogP contribution is 2.52. The van der Waals surface area contributed by atoms with Gasteiger partial charge in [0, 0.05) is 22.2 Å². The minimum atomic E-state index is -4.07. The van der Waals surface area contributed by atoms with Crippen molar-refractivity contribution < 1.29 is 22.5 Å². The third kappa shape index (κ3) is 3.91. The zero-order valence-corrected chi connectivity index (χ0v) is 19.1. The molecule has 6 rings (SSSR count). The van der Waals surface area contributed by atoms with Crippen LogP contribution in [0.25, 0.3) is 10.1 Å². The Bertz CT molecular complexity index is 1250. The van der Waals surface area contributed by atoms with Crippen molar-refractivity contribution in [2.75, 3.05) is 6.61 Å². The van der Waals surface area contributed by atoms with Gasteiger partial charge in [0.2, 0.25) is 5.06 Å². The van der Waals surface area contributed by atoms with Crippen LogP contribution in [0.1, 0.15) is 42.5 Å². The molecule has 1 heterocycles. The SMILES string of the molecule is O=C(NC12CC(CCO)CC(C1)C2)c1c(OS(=O)(=O)c2ccccc2)sc2ccccc12. The first-order valence-corrected chi connectivity index (χ1v) is 13.1. The first-order chi connectivity index (χ1) is 15.4. The summed E-state index contributed by atoms with van der Waals surface area (Å²) in [5.41, 5.74) is -0.00875. The third-order valence-electron chi connectivity index (χ3n) is 6.63. The van der Waals surface area contributed by atoms with Gasteiger partial charge >= 0.3 is 10.1 Å². The molecular weight excluding hydrogens is 446 g/mol. The molecule has 0 aliphatic heterocycles. The maximum atomic E-state index is 13.5. The van der Waals surface area contributed by atoms with Crippen LogP contribution in [0.15, 0.2) is 59.5 Å². The molecule has 3 aliphatic rings. The molecule has 168 valence electrons. The monoisotopic (exact) mass is 471 g/mol. The molecule has 3 saturated carbocycles. The highest BCUT2D eigenvalue weighted by Gasteiger charge is 2.51. The van der Waals surface area contributed by atoms with E-state index in [0.717, 1.165) is 48.1 Å². The molecule has 6 nitrogen and oxygen atoms in total. The first-order valence-electron chi connectivity index (χ1n) is 10.8. The molecule has 0 saturated heterocycles. The number of aliphatic hydroxyl groups excluding tert-OH is 1. The minimum Gasteiger partial charge on any atom is -0.396 e. The van der Waals surface area contributed by atoms with Crippen molar-refractivity contribution in [1.82, 2.24) is 5.32 Å². The standard InChI is InChI=1S/C24H25NO5S2/c26-11-10-16-12-17-14-24(13-16,15-17)25-22(27)21-19-8-4-5-9-20(19)31-23(21)30-32(28,29)18-6-2-1-3-7-18/h1-9,16-17,26H,10-15H2,(H,25,27). The summed E-state index contributed by atoms with van der Waals surface area (Å²) < 4.78 is 32.0. The van der Waals surface area contributed by atoms with Crippen molar-refractivity contribution in [3.63, 3.8) is 0 Å². The largest absolute Gasteiger partial charge is 0.396 e. The van der Waals surface area contributed by atoms with E-state index >= 15 is 0 Å². The van der Waals surface area contributed by atoms with Crippen molar-refractivity contribution in [2.24, 2.45) is 11.8 Å². The summed E-state index contributed by atoms with van der Waals surface area (Å²) in [5.74, 6) is 0.680. The lowest BCUT2D eigenvalue weighted by Gasteiger charge is -2.55. The number of fused-ring (bicyclic) bond motifs is 3. The lowest BCUT2D eigenvalue weighted by Crippen LogP contribution is -2.61. The van der Waals surface area contributed by atoms with Gasteiger partial charge in [0.25, 0.3) is 5.91 Å². The molecule has 0 spiro atoms. The maximum Gasteiger partial charge on any atom is 0.340 e. The number of hydrogen-bond donors (Lipinski definition) is 2. The highest BCUT2D eigenvalue weighted by atomic mass is 32.2. The van der Waals surface area contributed by atoms with Crippen LogP contribution in [0.4, 0.5) is 0 Å². The summed E-state index contributed by atoms with van der Waals surface area (Å²) in [5, 5.41) is 13.3. The summed E-state index contributed by atoms with van der Waals surface area (Å²) in [6.07, 6.45) is 4.56. The predicted molar refractivity (Wildman–Crippen MR) is 123 cm³/mol. The predicted octanol–water partition coefficient (Wildman–Crippen LogP) is 4.34. The average molecular weight is 472 g/mol. The van der Waals surface area contributed by atoms with Gasteiger partial charge in [-0.3, -0.25) is 4.79 Å². The summed E-state index contributed by atoms with van der Waals surface area (Å²) in [4.78, 5) is 13.5. The Hall–Kier alpha value is -2.42. The molecule has 0 radical (unpaired) electrons. The van der Waals surface area contributed by atoms with Crippen LogP contribution in [0.2, 0.25) is 0 Å². The van der Waals surface area contributed by atoms with Gasteiger partial charge in [0.15, 0.2) is 0 Å². The van der Waals surface area contributed by atoms with Crippen LogP contribution in [0.5, 0.6) is 5.06 Å². The number of carbonyl (C=O) groups excluding carboxylic acids is 1. The van der Waals surface area contributed by atoms with Gasteiger partial charge in [0.05, 0.1) is 0 Å². The molecule has 1 unspecified atom stereocenters. The Balaban J connectivity index is 1.46. The first kappa shape index (κ1) is 21.4. The van der Waals surface area contributed by atoms with Crippen LogP contribution in [0, 0.1) is 11.8 Å². The molecule has 1 amide bonds. The van der Waals surface area contributed by atoms with Crippen LogP contribution < -0.4 is 9.50 Å². The van der Waals surface area contributed by atoms with E-state index in [2.05, 4.69) is 5.32 Å². The number of carbonyl (C=O) groups is 1. The molecule has 3 fully saturated rings. The van der Waals surface area contributed by atoms with Crippen LogP contribution in [-0.4, -0.2) is 31.6 Å². The van der Waals surface area contributed by atoms with E-state index in [9.17, 15) is 18.3 Å². The van der Waals surface area contributed by atoms with Crippen molar-refractivity contribution in [3.8, 4) is 5.06 Å². The van der Waals surface area contributed by atoms with Crippen LogP contribution >= 0.6 is 11.3 Å². The Morgan fingerprint density at radius 2 is 1.81 bits per heavy atom. The molecule has 2 N–H and O–H groups in total. The molecule has 1 aromatic heterocycles. The molecule has 2 bridgehead atoms. The highest BCUT2D eigenvalue weighted by molar-refractivity contribution is 7.87. The normalized spacial score (nSPS) is 24.7. The summed E-state index contributed by atoms with van der Waals surface area (Å²) >= 11 is 1.16. The van der Waals surface area contributed by atoms with Crippen molar-refractivity contribution in [3.05, 3.63) is 60.2 Å². The summed E-state index contributed by atoms with van der Waals surface area (Å²) in [6, 6.07) is 15.3. The molecule has 32 heavy (non-hydrogen) atoms. The van der Waals surface area contributed by atoms with E-state index in [1.54, 1.807) is 18.2 Å². The molecular formula is C24H25NO5S2. The average Bonchev–Trinajstić information content (AvgIpc) is 3.11. The van der Waals surface area contributed by atoms with Crippen LogP contribution in [-0.2, 0) is 10.1 Å². The molecule has 1 atom stereocenters. The van der Waals surface area contributed by atoms with E-state index in [1.165, 1.54) is 12.1 Å². The Morgan fingerprint density at radius 3 is 2.56 bits per heavy atom. The summed E-state index contributed by atoms with van der Waals surface area (Å²) in [7, 11) is -4.07. The van der Waals surface area contributed by atoms with Gasteiger partial charge in [-0.1, -0.05) is 47.7 Å². The molecule has 3 aromatic rings.